The molecule has 0 aromatic rings. The Morgan fingerprint density at radius 1 is 0.246 bits per heavy atom. The maximum Gasteiger partial charge on any atom is 0.217 e. The molecule has 9 fully saturated rings. The SMILES string of the molecule is CC(=O)N[C@@H]1[C@@H](O[C@@H]2O[C@@H](C)[C@@H](O)[C@@H](O)[C@@H]2O)[C@H](O[C@@H]2O[C@H](CO)[C@@H](O[C@@H]3O[C@H](CO[C@H]4O[C@H](CO)[C@@H](O)[C@H](O)[C@@H]4O[C@@H]4O[C@H](CO)[C@@H](O)[C@H](O)[C@H]4NC(C)=O)[C@@H](O)[C@H](O[C@H]4O[C@H](CO)[C@@H](O[C@@H]5O[C@H](CO)[C@@H](O)[C@H](O)[C@H]5NC(C)=O)[C@H](O)[C@@H]4O[C@@H]4O[C@H](CO)[C@@H](O)[C@H](O)[C@H]4NC(C)=O)[C@@H]3O)[C@H](O)[C@H]2NC(C)=O)[C@@H](CO)O[C@H]1O. The van der Waals surface area contributed by atoms with Crippen LogP contribution < -0.4 is 26.6 Å². The molecule has 50 heteroatoms. The van der Waals surface area contributed by atoms with Crippen molar-refractivity contribution in [2.75, 3.05) is 52.9 Å². The Balaban J connectivity index is 1.11. The number of amides is 5. The second-order valence-corrected chi connectivity index (χ2v) is 28.9. The summed E-state index contributed by atoms with van der Waals surface area (Å²) in [6, 6.07) is -9.20. The van der Waals surface area contributed by atoms with Crippen molar-refractivity contribution < 1.29 is 222 Å². The van der Waals surface area contributed by atoms with E-state index in [1.54, 1.807) is 0 Å². The van der Waals surface area contributed by atoms with Crippen LogP contribution in [0.5, 0.6) is 0 Å². The predicted molar refractivity (Wildman–Crippen MR) is 354 cm³/mol. The molecule has 9 rings (SSSR count). The largest absolute Gasteiger partial charge is 0.394 e. The van der Waals surface area contributed by atoms with Crippen LogP contribution in [0.2, 0.25) is 0 Å². The first kappa shape index (κ1) is 93.6. The molecule has 0 spiro atoms. The summed E-state index contributed by atoms with van der Waals surface area (Å²) in [7, 11) is 0. The highest BCUT2D eigenvalue weighted by Crippen LogP contribution is 2.41. The minimum Gasteiger partial charge on any atom is -0.394 e. The number of ether oxygens (including phenoxy) is 17. The normalized spacial score (nSPS) is 48.2. The minimum absolute atomic E-state index is 0.853. The molecule has 0 aromatic carbocycles. The van der Waals surface area contributed by atoms with Gasteiger partial charge in [-0.15, -0.1) is 0 Å². The molecular formula is C64H107N5O45. The second kappa shape index (κ2) is 40.9. The fourth-order valence-corrected chi connectivity index (χ4v) is 14.8. The molecular weight excluding hydrogens is 1560 g/mol. The van der Waals surface area contributed by atoms with Crippen LogP contribution >= 0.6 is 0 Å². The average Bonchev–Trinajstić information content (AvgIpc) is 0.758. The van der Waals surface area contributed by atoms with Crippen molar-refractivity contribution in [3.63, 3.8) is 0 Å². The fourth-order valence-electron chi connectivity index (χ4n) is 14.8. The van der Waals surface area contributed by atoms with Gasteiger partial charge in [0.05, 0.1) is 59.0 Å². The predicted octanol–water partition coefficient (Wildman–Crippen LogP) is -18.9. The molecule has 0 aliphatic carbocycles. The Labute approximate surface area is 646 Å². The van der Waals surface area contributed by atoms with Crippen LogP contribution in [0.1, 0.15) is 41.5 Å². The molecule has 9 heterocycles. The molecule has 45 atom stereocenters. The first-order valence-corrected chi connectivity index (χ1v) is 36.5. The molecule has 0 unspecified atom stereocenters. The van der Waals surface area contributed by atoms with Gasteiger partial charge in [0.1, 0.15) is 213 Å². The molecule has 9 saturated heterocycles. The third kappa shape index (κ3) is 20.8. The maximum absolute atomic E-state index is 13.3. The average molecular weight is 1670 g/mol. The van der Waals surface area contributed by atoms with E-state index in [0.29, 0.717) is 0 Å². The van der Waals surface area contributed by atoms with Gasteiger partial charge in [0.2, 0.25) is 29.5 Å². The van der Waals surface area contributed by atoms with Crippen molar-refractivity contribution in [2.45, 2.75) is 318 Å². The highest BCUT2D eigenvalue weighted by Gasteiger charge is 2.62. The zero-order chi connectivity index (χ0) is 84.1. The lowest BCUT2D eigenvalue weighted by molar-refractivity contribution is -0.403. The van der Waals surface area contributed by atoms with Gasteiger partial charge in [0.25, 0.3) is 0 Å². The lowest BCUT2D eigenvalue weighted by atomic mass is 9.93. The molecule has 9 aliphatic heterocycles. The van der Waals surface area contributed by atoms with Crippen LogP contribution in [-0.2, 0) is 104 Å². The van der Waals surface area contributed by atoms with E-state index in [9.17, 15) is 141 Å². The number of aliphatic hydroxyl groups excluding tert-OH is 23. The summed E-state index contributed by atoms with van der Waals surface area (Å²) in [6.45, 7) is -2.87. The lowest BCUT2D eigenvalue weighted by Crippen LogP contribution is -2.71. The van der Waals surface area contributed by atoms with E-state index in [2.05, 4.69) is 26.6 Å². The second-order valence-electron chi connectivity index (χ2n) is 28.9. The smallest absolute Gasteiger partial charge is 0.217 e. The first-order chi connectivity index (χ1) is 53.9. The molecule has 0 aromatic heterocycles. The van der Waals surface area contributed by atoms with Gasteiger partial charge >= 0.3 is 0 Å². The van der Waals surface area contributed by atoms with Gasteiger partial charge in [-0.05, 0) is 6.92 Å². The Hall–Kier alpha value is -4.25. The number of rotatable bonds is 29. The molecule has 50 nitrogen and oxygen atoms in total. The topological polar surface area (TPSA) is 768 Å². The van der Waals surface area contributed by atoms with Crippen LogP contribution in [0.25, 0.3) is 0 Å². The van der Waals surface area contributed by atoms with Crippen LogP contribution in [0.3, 0.4) is 0 Å². The molecule has 9 aliphatic rings. The number of aliphatic hydroxyl groups is 23. The Morgan fingerprint density at radius 2 is 0.553 bits per heavy atom. The lowest BCUT2D eigenvalue weighted by Gasteiger charge is -2.52. The molecule has 658 valence electrons. The van der Waals surface area contributed by atoms with Crippen LogP contribution in [0.4, 0.5) is 0 Å². The Kier molecular flexibility index (Phi) is 33.6. The molecule has 0 bridgehead atoms. The van der Waals surface area contributed by atoms with Gasteiger partial charge in [0, 0.05) is 34.6 Å². The van der Waals surface area contributed by atoms with E-state index < -0.39 is 358 Å². The van der Waals surface area contributed by atoms with Gasteiger partial charge in [-0.2, -0.15) is 0 Å². The first-order valence-electron chi connectivity index (χ1n) is 36.5. The summed E-state index contributed by atoms with van der Waals surface area (Å²) >= 11 is 0. The Bertz CT molecular complexity index is 3080. The van der Waals surface area contributed by atoms with Crippen molar-refractivity contribution in [3.8, 4) is 0 Å². The third-order valence-corrected chi connectivity index (χ3v) is 20.7. The summed E-state index contributed by atoms with van der Waals surface area (Å²) in [5.41, 5.74) is 0. The van der Waals surface area contributed by atoms with E-state index in [1.807, 2.05) is 0 Å². The molecule has 114 heavy (non-hydrogen) atoms. The van der Waals surface area contributed by atoms with Crippen molar-refractivity contribution in [3.05, 3.63) is 0 Å². The Morgan fingerprint density at radius 3 is 0.982 bits per heavy atom. The number of carbonyl (C=O) groups is 5. The molecule has 0 radical (unpaired) electrons. The summed E-state index contributed by atoms with van der Waals surface area (Å²) in [4.78, 5) is 63.9. The van der Waals surface area contributed by atoms with Gasteiger partial charge in [-0.3, -0.25) is 24.0 Å². The minimum atomic E-state index is -2.63. The molecule has 28 N–H and O–H groups in total. The van der Waals surface area contributed by atoms with Crippen molar-refractivity contribution in [1.29, 1.82) is 0 Å². The molecule has 0 saturated carbocycles. The van der Waals surface area contributed by atoms with Crippen LogP contribution in [0, 0.1) is 0 Å². The zero-order valence-electron chi connectivity index (χ0n) is 61.9. The maximum atomic E-state index is 13.3. The van der Waals surface area contributed by atoms with Crippen molar-refractivity contribution in [2.24, 2.45) is 0 Å². The van der Waals surface area contributed by atoms with Gasteiger partial charge in [-0.1, -0.05) is 0 Å². The number of hydrogen-bond acceptors (Lipinski definition) is 45. The number of carbonyl (C=O) groups excluding carboxylic acids is 5. The highest BCUT2D eigenvalue weighted by molar-refractivity contribution is 5.75. The van der Waals surface area contributed by atoms with Gasteiger partial charge in [0.15, 0.2) is 56.6 Å². The van der Waals surface area contributed by atoms with E-state index in [1.165, 1.54) is 6.92 Å². The van der Waals surface area contributed by atoms with E-state index in [-0.39, 0.29) is 0 Å². The quantitative estimate of drug-likeness (QED) is 0.0331. The van der Waals surface area contributed by atoms with Crippen LogP contribution in [-0.4, -0.2) is 476 Å². The fraction of sp³-hybridized carbons (Fsp3) is 0.922. The van der Waals surface area contributed by atoms with E-state index in [0.717, 1.165) is 34.6 Å². The highest BCUT2D eigenvalue weighted by atomic mass is 16.8. The van der Waals surface area contributed by atoms with E-state index in [4.69, 9.17) is 80.5 Å². The van der Waals surface area contributed by atoms with Gasteiger partial charge in [-0.25, -0.2) is 0 Å². The summed E-state index contributed by atoms with van der Waals surface area (Å²) in [6.07, 6.45) is -82.8. The number of nitrogens with one attached hydrogen (secondary N) is 5. The number of hydrogen-bond donors (Lipinski definition) is 28. The van der Waals surface area contributed by atoms with Crippen molar-refractivity contribution >= 4 is 29.5 Å². The zero-order valence-corrected chi connectivity index (χ0v) is 61.9. The summed E-state index contributed by atoms with van der Waals surface area (Å²) in [5, 5.41) is 270. The van der Waals surface area contributed by atoms with E-state index >= 15 is 0 Å². The summed E-state index contributed by atoms with van der Waals surface area (Å²) in [5.74, 6) is -4.49. The molecule has 5 amide bonds. The van der Waals surface area contributed by atoms with Crippen LogP contribution in [0.15, 0.2) is 0 Å². The standard InChI is InChI=1S/C64H107N5O45/c1-15-34(82)44(92)46(94)61(99-15)111-52-33(69-20(6)81)56(97)100-27(13-76)51(52)110-60-32(68-19(5)80)43(91)49(25(11-74)105-60)109-62-48(96)53(39(87)28(107-62)14-98-63-54(45(93)38(86)24(10-73)104-63)113-58-30(66-17(3)78)41(89)36(84)22(8-71)102-58)112-64-55(114-59-31(67-18(4)79)42(90)37(85)23(9-72)103-59)47(95)50(26(12-75)106-64)108-57-29(65-16(2)77)40(88)35(83)21(7-70)101-57/h15,21-64,70-76,82-97H,7-14H2,1-6H3,(H,65,77)(H,66,78)(H,67,79)(H,68,80)(H,69,81)/t15-,21+,22+,23+,24+,25+,26+,27+,28+,29+,30+,31+,32+,33+,34+,35+,36+,37+,38+,39+,40+,41+,42+,43+,44+,45-,46-,47-,48-,49+,50+,51+,52+,53-,54-,55-,56+,57-,58-,59-,60-,61-,62-,63-,64+/m0/s1. The van der Waals surface area contributed by atoms with Gasteiger partial charge < -0.3 is 225 Å². The monoisotopic (exact) mass is 1670 g/mol. The summed E-state index contributed by atoms with van der Waals surface area (Å²) < 4.78 is 103. The third-order valence-electron chi connectivity index (χ3n) is 20.7. The van der Waals surface area contributed by atoms with Crippen molar-refractivity contribution in [1.82, 2.24) is 26.6 Å².